The van der Waals surface area contributed by atoms with E-state index in [1.165, 1.54) is 15.6 Å². The van der Waals surface area contributed by atoms with Crippen molar-refractivity contribution in [1.29, 1.82) is 0 Å². The predicted molar refractivity (Wildman–Crippen MR) is 82.7 cm³/mol. The van der Waals surface area contributed by atoms with Crippen molar-refractivity contribution < 1.29 is 0 Å². The zero-order chi connectivity index (χ0) is 14.2. The normalized spacial score (nSPS) is 24.1. The Hall–Kier alpha value is -0.450. The van der Waals surface area contributed by atoms with E-state index in [-0.39, 0.29) is 5.54 Å². The maximum Gasteiger partial charge on any atom is 0.107 e. The molecule has 19 heavy (non-hydrogen) atoms. The van der Waals surface area contributed by atoms with E-state index in [4.69, 9.17) is 4.98 Å². The number of hydrogen-bond donors (Lipinski definition) is 1. The lowest BCUT2D eigenvalue weighted by molar-refractivity contribution is 0.0626. The first-order valence-corrected chi connectivity index (χ1v) is 8.02. The van der Waals surface area contributed by atoms with E-state index >= 15 is 0 Å². The molecule has 1 N–H and O–H groups in total. The molecule has 1 aliphatic heterocycles. The third kappa shape index (κ3) is 3.56. The fourth-order valence-corrected chi connectivity index (χ4v) is 3.76. The molecular weight excluding hydrogens is 254 g/mol. The minimum atomic E-state index is 0.201. The van der Waals surface area contributed by atoms with E-state index in [0.717, 1.165) is 19.6 Å². The summed E-state index contributed by atoms with van der Waals surface area (Å²) in [4.78, 5) is 8.66. The molecule has 1 unspecified atom stereocenters. The zero-order valence-electron chi connectivity index (χ0n) is 13.1. The van der Waals surface area contributed by atoms with Crippen LogP contribution in [0.5, 0.6) is 0 Å². The lowest BCUT2D eigenvalue weighted by Crippen LogP contribution is -2.62. The van der Waals surface area contributed by atoms with Crippen LogP contribution in [0.15, 0.2) is 0 Å². The van der Waals surface area contributed by atoms with Crippen LogP contribution in [-0.4, -0.2) is 34.6 Å². The largest absolute Gasteiger partial charge is 0.309 e. The molecule has 1 fully saturated rings. The van der Waals surface area contributed by atoms with Crippen LogP contribution in [0.1, 0.15) is 43.3 Å². The van der Waals surface area contributed by atoms with Gasteiger partial charge in [-0.15, -0.1) is 11.3 Å². The van der Waals surface area contributed by atoms with Gasteiger partial charge in [0.1, 0.15) is 5.01 Å². The molecule has 0 aromatic carbocycles. The summed E-state index contributed by atoms with van der Waals surface area (Å²) >= 11 is 1.85. The van der Waals surface area contributed by atoms with E-state index in [1.54, 1.807) is 0 Å². The number of aromatic nitrogens is 1. The highest BCUT2D eigenvalue weighted by Crippen LogP contribution is 2.25. The molecule has 1 aliphatic rings. The summed E-state index contributed by atoms with van der Waals surface area (Å²) in [6, 6.07) is 0.609. The van der Waals surface area contributed by atoms with Crippen molar-refractivity contribution in [3.8, 4) is 0 Å². The van der Waals surface area contributed by atoms with E-state index < -0.39 is 0 Å². The molecule has 0 aliphatic carbocycles. The average molecular weight is 281 g/mol. The molecule has 2 rings (SSSR count). The SMILES string of the molecule is Cc1nc(CN2CC(C)(C)NCC2C(C)C)sc1C. The van der Waals surface area contributed by atoms with Gasteiger partial charge in [0.05, 0.1) is 12.2 Å². The number of rotatable bonds is 3. The van der Waals surface area contributed by atoms with Gasteiger partial charge in [-0.05, 0) is 33.6 Å². The lowest BCUT2D eigenvalue weighted by Gasteiger charge is -2.46. The molecule has 1 saturated heterocycles. The molecule has 1 aromatic rings. The average Bonchev–Trinajstić information content (AvgIpc) is 2.56. The fourth-order valence-electron chi connectivity index (χ4n) is 2.80. The molecule has 2 heterocycles. The molecule has 1 aromatic heterocycles. The van der Waals surface area contributed by atoms with Crippen molar-refractivity contribution in [2.75, 3.05) is 13.1 Å². The quantitative estimate of drug-likeness (QED) is 0.923. The van der Waals surface area contributed by atoms with Crippen LogP contribution in [0.3, 0.4) is 0 Å². The van der Waals surface area contributed by atoms with Gasteiger partial charge in [-0.1, -0.05) is 13.8 Å². The van der Waals surface area contributed by atoms with Crippen LogP contribution in [0.25, 0.3) is 0 Å². The van der Waals surface area contributed by atoms with Gasteiger partial charge in [-0.25, -0.2) is 4.98 Å². The first-order valence-electron chi connectivity index (χ1n) is 7.20. The van der Waals surface area contributed by atoms with Crippen molar-refractivity contribution in [3.63, 3.8) is 0 Å². The number of hydrogen-bond acceptors (Lipinski definition) is 4. The summed E-state index contributed by atoms with van der Waals surface area (Å²) in [5.41, 5.74) is 1.39. The van der Waals surface area contributed by atoms with Crippen LogP contribution in [-0.2, 0) is 6.54 Å². The molecule has 1 atom stereocenters. The van der Waals surface area contributed by atoms with Gasteiger partial charge in [0.2, 0.25) is 0 Å². The van der Waals surface area contributed by atoms with Gasteiger partial charge in [-0.2, -0.15) is 0 Å². The summed E-state index contributed by atoms with van der Waals surface area (Å²) in [6.45, 7) is 16.6. The molecular formula is C15H27N3S. The molecule has 3 nitrogen and oxygen atoms in total. The number of thiazole rings is 1. The van der Waals surface area contributed by atoms with Crippen molar-refractivity contribution >= 4 is 11.3 Å². The fraction of sp³-hybridized carbons (Fsp3) is 0.800. The third-order valence-corrected chi connectivity index (χ3v) is 5.10. The zero-order valence-corrected chi connectivity index (χ0v) is 13.9. The second-order valence-corrected chi connectivity index (χ2v) is 8.02. The summed E-state index contributed by atoms with van der Waals surface area (Å²) in [5, 5.41) is 4.93. The van der Waals surface area contributed by atoms with Crippen LogP contribution < -0.4 is 5.32 Å². The maximum atomic E-state index is 4.70. The van der Waals surface area contributed by atoms with E-state index in [9.17, 15) is 0 Å². The van der Waals surface area contributed by atoms with Gasteiger partial charge >= 0.3 is 0 Å². The van der Waals surface area contributed by atoms with Crippen molar-refractivity contribution in [2.24, 2.45) is 5.92 Å². The van der Waals surface area contributed by atoms with Crippen LogP contribution in [0.4, 0.5) is 0 Å². The third-order valence-electron chi connectivity index (χ3n) is 4.04. The Kier molecular flexibility index (Phi) is 4.33. The summed E-state index contributed by atoms with van der Waals surface area (Å²) in [6.07, 6.45) is 0. The molecule has 4 heteroatoms. The minimum Gasteiger partial charge on any atom is -0.309 e. The lowest BCUT2D eigenvalue weighted by atomic mass is 9.93. The Morgan fingerprint density at radius 3 is 2.63 bits per heavy atom. The topological polar surface area (TPSA) is 28.2 Å². The Morgan fingerprint density at radius 2 is 2.11 bits per heavy atom. The van der Waals surface area contributed by atoms with Gasteiger partial charge in [0.15, 0.2) is 0 Å². The van der Waals surface area contributed by atoms with Gasteiger partial charge < -0.3 is 5.32 Å². The Balaban J connectivity index is 2.13. The van der Waals surface area contributed by atoms with Gasteiger partial charge in [0, 0.05) is 29.5 Å². The Labute approximate surface area is 121 Å². The summed E-state index contributed by atoms with van der Waals surface area (Å²) in [5.74, 6) is 0.672. The number of nitrogens with one attached hydrogen (secondary N) is 1. The van der Waals surface area contributed by atoms with Crippen LogP contribution in [0.2, 0.25) is 0 Å². The molecule has 0 bridgehead atoms. The van der Waals surface area contributed by atoms with Crippen molar-refractivity contribution in [3.05, 3.63) is 15.6 Å². The molecule has 108 valence electrons. The van der Waals surface area contributed by atoms with Crippen LogP contribution >= 0.6 is 11.3 Å². The smallest absolute Gasteiger partial charge is 0.107 e. The van der Waals surface area contributed by atoms with E-state index in [2.05, 4.69) is 51.8 Å². The molecule has 0 saturated carbocycles. The molecule has 0 amide bonds. The van der Waals surface area contributed by atoms with Gasteiger partial charge in [-0.3, -0.25) is 4.90 Å². The number of aryl methyl sites for hydroxylation is 2. The first-order chi connectivity index (χ1) is 8.78. The monoisotopic (exact) mass is 281 g/mol. The first kappa shape index (κ1) is 14.9. The maximum absolute atomic E-state index is 4.70. The standard InChI is InChI=1S/C15H27N3S/c1-10(2)13-7-16-15(5,6)9-18(13)8-14-17-11(3)12(4)19-14/h10,13,16H,7-9H2,1-6H3. The van der Waals surface area contributed by atoms with E-state index in [1.807, 2.05) is 11.3 Å². The predicted octanol–water partition coefficient (Wildman–Crippen LogP) is 2.97. The highest BCUT2D eigenvalue weighted by molar-refractivity contribution is 7.11. The summed E-state index contributed by atoms with van der Waals surface area (Å²) < 4.78 is 0. The minimum absolute atomic E-state index is 0.201. The molecule has 0 radical (unpaired) electrons. The number of nitrogens with zero attached hydrogens (tertiary/aromatic N) is 2. The Morgan fingerprint density at radius 1 is 1.42 bits per heavy atom. The molecule has 0 spiro atoms. The van der Waals surface area contributed by atoms with Crippen molar-refractivity contribution in [2.45, 2.75) is 59.7 Å². The second-order valence-electron chi connectivity index (χ2n) is 6.73. The van der Waals surface area contributed by atoms with Crippen LogP contribution in [0, 0.1) is 19.8 Å². The Bertz CT molecular complexity index is 417. The number of piperazine rings is 1. The highest BCUT2D eigenvalue weighted by atomic mass is 32.1. The van der Waals surface area contributed by atoms with Gasteiger partial charge in [0.25, 0.3) is 0 Å². The second kappa shape index (κ2) is 5.51. The van der Waals surface area contributed by atoms with E-state index in [0.29, 0.717) is 12.0 Å². The van der Waals surface area contributed by atoms with Crippen molar-refractivity contribution in [1.82, 2.24) is 15.2 Å². The summed E-state index contributed by atoms with van der Waals surface area (Å²) in [7, 11) is 0. The highest BCUT2D eigenvalue weighted by Gasteiger charge is 2.34.